The maximum atomic E-state index is 13.5. The number of hydrogen-bond acceptors (Lipinski definition) is 5. The third-order valence-electron chi connectivity index (χ3n) is 7.64. The highest BCUT2D eigenvalue weighted by Gasteiger charge is 2.54. The number of sulfonamides is 1. The fourth-order valence-corrected chi connectivity index (χ4v) is 6.96. The Morgan fingerprint density at radius 1 is 1.00 bits per heavy atom. The Balaban J connectivity index is 1.30. The third kappa shape index (κ3) is 6.50. The molecule has 2 aromatic carbocycles. The standard InChI is InChI=1S/C29H38N4O5S/c1-2-19-33-27(35)25(15-9-10-18-30-26(34)22-23-11-5-3-6-12-23)31-28(36)29(33)16-20-32(21-17-29)39(37,38)24-13-7-4-8-14-24/h3-8,11-14,25H,2,9-10,15-22H2,1H3,(H,30,34)(H,31,36)/t25-/m0/s1. The fourth-order valence-electron chi connectivity index (χ4n) is 5.50. The number of hydrogen-bond donors (Lipinski definition) is 2. The highest BCUT2D eigenvalue weighted by atomic mass is 32.2. The van der Waals surface area contributed by atoms with E-state index < -0.39 is 21.6 Å². The zero-order chi connectivity index (χ0) is 27.9. The molecule has 2 N–H and O–H groups in total. The van der Waals surface area contributed by atoms with Crippen molar-refractivity contribution in [2.24, 2.45) is 0 Å². The van der Waals surface area contributed by atoms with Crippen LogP contribution < -0.4 is 10.6 Å². The van der Waals surface area contributed by atoms with Crippen LogP contribution >= 0.6 is 0 Å². The van der Waals surface area contributed by atoms with E-state index in [-0.39, 0.29) is 48.5 Å². The Bertz CT molecular complexity index is 1240. The molecule has 4 rings (SSSR count). The summed E-state index contributed by atoms with van der Waals surface area (Å²) >= 11 is 0. The normalized spacial score (nSPS) is 19.6. The van der Waals surface area contributed by atoms with Crippen LogP contribution in [0.5, 0.6) is 0 Å². The summed E-state index contributed by atoms with van der Waals surface area (Å²) in [7, 11) is -3.66. The van der Waals surface area contributed by atoms with Crippen molar-refractivity contribution in [3.8, 4) is 0 Å². The highest BCUT2D eigenvalue weighted by Crippen LogP contribution is 2.35. The Morgan fingerprint density at radius 3 is 2.28 bits per heavy atom. The summed E-state index contributed by atoms with van der Waals surface area (Å²) in [6, 6.07) is 17.2. The first-order valence-corrected chi connectivity index (χ1v) is 15.2. The second-order valence-electron chi connectivity index (χ2n) is 10.3. The minimum absolute atomic E-state index is 0.0417. The lowest BCUT2D eigenvalue weighted by Crippen LogP contribution is -2.73. The molecule has 0 radical (unpaired) electrons. The van der Waals surface area contributed by atoms with Gasteiger partial charge < -0.3 is 15.5 Å². The van der Waals surface area contributed by atoms with Crippen molar-refractivity contribution in [2.45, 2.75) is 68.3 Å². The Labute approximate surface area is 231 Å². The number of benzene rings is 2. The molecular formula is C29H38N4O5S. The molecule has 10 heteroatoms. The summed E-state index contributed by atoms with van der Waals surface area (Å²) < 4.78 is 27.6. The van der Waals surface area contributed by atoms with Gasteiger partial charge in [0.1, 0.15) is 11.6 Å². The van der Waals surface area contributed by atoms with Gasteiger partial charge in [0, 0.05) is 26.2 Å². The zero-order valence-electron chi connectivity index (χ0n) is 22.5. The molecule has 1 spiro atoms. The lowest BCUT2D eigenvalue weighted by atomic mass is 9.81. The van der Waals surface area contributed by atoms with E-state index in [0.29, 0.717) is 45.2 Å². The molecule has 39 heavy (non-hydrogen) atoms. The van der Waals surface area contributed by atoms with E-state index in [1.807, 2.05) is 37.3 Å². The highest BCUT2D eigenvalue weighted by molar-refractivity contribution is 7.89. The maximum Gasteiger partial charge on any atom is 0.246 e. The Kier molecular flexibility index (Phi) is 9.40. The quantitative estimate of drug-likeness (QED) is 0.414. The summed E-state index contributed by atoms with van der Waals surface area (Å²) in [4.78, 5) is 41.1. The molecule has 2 aliphatic rings. The molecule has 0 aliphatic carbocycles. The van der Waals surface area contributed by atoms with Crippen LogP contribution in [0, 0.1) is 0 Å². The van der Waals surface area contributed by atoms with Gasteiger partial charge in [0.15, 0.2) is 0 Å². The van der Waals surface area contributed by atoms with Gasteiger partial charge in [-0.2, -0.15) is 4.31 Å². The molecule has 2 aliphatic heterocycles. The van der Waals surface area contributed by atoms with Gasteiger partial charge in [0.25, 0.3) is 0 Å². The molecule has 3 amide bonds. The lowest BCUT2D eigenvalue weighted by Gasteiger charge is -2.51. The first-order chi connectivity index (χ1) is 18.8. The minimum atomic E-state index is -3.66. The molecule has 1 atom stereocenters. The monoisotopic (exact) mass is 554 g/mol. The predicted octanol–water partition coefficient (Wildman–Crippen LogP) is 2.48. The van der Waals surface area contributed by atoms with Crippen LogP contribution in [0.15, 0.2) is 65.6 Å². The predicted molar refractivity (Wildman–Crippen MR) is 148 cm³/mol. The van der Waals surface area contributed by atoms with Crippen LogP contribution in [0.4, 0.5) is 0 Å². The molecule has 9 nitrogen and oxygen atoms in total. The number of rotatable bonds is 11. The smallest absolute Gasteiger partial charge is 0.246 e. The van der Waals surface area contributed by atoms with Crippen LogP contribution in [0.1, 0.15) is 51.0 Å². The summed E-state index contributed by atoms with van der Waals surface area (Å²) in [5.74, 6) is -0.350. The van der Waals surface area contributed by atoms with Crippen molar-refractivity contribution in [3.63, 3.8) is 0 Å². The molecule has 2 aromatic rings. The van der Waals surface area contributed by atoms with Crippen molar-refractivity contribution in [1.29, 1.82) is 0 Å². The Morgan fingerprint density at radius 2 is 1.64 bits per heavy atom. The van der Waals surface area contributed by atoms with Gasteiger partial charge >= 0.3 is 0 Å². The van der Waals surface area contributed by atoms with Gasteiger partial charge in [-0.3, -0.25) is 14.4 Å². The molecule has 0 bridgehead atoms. The van der Waals surface area contributed by atoms with E-state index >= 15 is 0 Å². The average molecular weight is 555 g/mol. The number of amides is 3. The summed E-state index contributed by atoms with van der Waals surface area (Å²) in [5.41, 5.74) is -0.0727. The largest absolute Gasteiger partial charge is 0.356 e. The number of piperidine rings is 1. The van der Waals surface area contributed by atoms with E-state index in [9.17, 15) is 22.8 Å². The van der Waals surface area contributed by atoms with Gasteiger partial charge in [-0.1, -0.05) is 55.5 Å². The SMILES string of the molecule is CCCN1C(=O)[C@H](CCCCNC(=O)Cc2ccccc2)NC(=O)C12CCN(S(=O)(=O)c1ccccc1)CC2. The topological polar surface area (TPSA) is 116 Å². The molecular weight excluding hydrogens is 516 g/mol. The average Bonchev–Trinajstić information content (AvgIpc) is 2.95. The summed E-state index contributed by atoms with van der Waals surface area (Å²) in [5, 5.41) is 5.86. The number of nitrogens with zero attached hydrogens (tertiary/aromatic N) is 2. The van der Waals surface area contributed by atoms with Gasteiger partial charge in [-0.25, -0.2) is 8.42 Å². The Hall–Kier alpha value is -3.24. The van der Waals surface area contributed by atoms with Crippen LogP contribution in [0.3, 0.4) is 0 Å². The van der Waals surface area contributed by atoms with Crippen molar-refractivity contribution in [3.05, 3.63) is 66.2 Å². The van der Waals surface area contributed by atoms with Crippen molar-refractivity contribution in [1.82, 2.24) is 19.8 Å². The zero-order valence-corrected chi connectivity index (χ0v) is 23.3. The van der Waals surface area contributed by atoms with Crippen molar-refractivity contribution < 1.29 is 22.8 Å². The van der Waals surface area contributed by atoms with Gasteiger partial charge in [-0.15, -0.1) is 0 Å². The number of unbranched alkanes of at least 4 members (excludes halogenated alkanes) is 1. The number of carbonyl (C=O) groups excluding carboxylic acids is 3. The van der Waals surface area contributed by atoms with E-state index in [2.05, 4.69) is 10.6 Å². The van der Waals surface area contributed by atoms with Crippen molar-refractivity contribution in [2.75, 3.05) is 26.2 Å². The maximum absolute atomic E-state index is 13.5. The minimum Gasteiger partial charge on any atom is -0.356 e. The fraction of sp³-hybridized carbons (Fsp3) is 0.483. The molecule has 0 aromatic heterocycles. The summed E-state index contributed by atoms with van der Waals surface area (Å²) in [6.07, 6.45) is 3.42. The molecule has 0 unspecified atom stereocenters. The first-order valence-electron chi connectivity index (χ1n) is 13.8. The first kappa shape index (κ1) is 28.8. The summed E-state index contributed by atoms with van der Waals surface area (Å²) in [6.45, 7) is 3.27. The lowest BCUT2D eigenvalue weighted by molar-refractivity contribution is -0.160. The van der Waals surface area contributed by atoms with Crippen LogP contribution in [-0.4, -0.2) is 73.1 Å². The third-order valence-corrected chi connectivity index (χ3v) is 9.55. The van der Waals surface area contributed by atoms with Crippen LogP contribution in [0.2, 0.25) is 0 Å². The molecule has 2 saturated heterocycles. The second-order valence-corrected chi connectivity index (χ2v) is 12.2. The van der Waals surface area contributed by atoms with E-state index in [4.69, 9.17) is 0 Å². The molecule has 2 heterocycles. The van der Waals surface area contributed by atoms with Crippen LogP contribution in [0.25, 0.3) is 0 Å². The number of carbonyl (C=O) groups is 3. The number of piperazine rings is 1. The van der Waals surface area contributed by atoms with E-state index in [0.717, 1.165) is 5.56 Å². The molecule has 2 fully saturated rings. The van der Waals surface area contributed by atoms with Crippen molar-refractivity contribution >= 4 is 27.7 Å². The van der Waals surface area contributed by atoms with E-state index in [1.165, 1.54) is 4.31 Å². The second kappa shape index (κ2) is 12.7. The van der Waals surface area contributed by atoms with Gasteiger partial charge in [0.05, 0.1) is 11.3 Å². The molecule has 210 valence electrons. The van der Waals surface area contributed by atoms with Gasteiger partial charge in [-0.05, 0) is 56.2 Å². The van der Waals surface area contributed by atoms with E-state index in [1.54, 1.807) is 35.2 Å². The number of nitrogens with one attached hydrogen (secondary N) is 2. The van der Waals surface area contributed by atoms with Crippen LogP contribution in [-0.2, 0) is 30.8 Å². The molecule has 0 saturated carbocycles. The van der Waals surface area contributed by atoms with Gasteiger partial charge in [0.2, 0.25) is 27.7 Å².